The highest BCUT2D eigenvalue weighted by molar-refractivity contribution is 7.10. The van der Waals surface area contributed by atoms with Crippen LogP contribution in [0.15, 0.2) is 54.4 Å². The van der Waals surface area contributed by atoms with Crippen LogP contribution in [0, 0.1) is 0 Å². The second-order valence-corrected chi connectivity index (χ2v) is 9.81. The number of aromatic nitrogens is 2. The first-order valence-electron chi connectivity index (χ1n) is 11.4. The van der Waals surface area contributed by atoms with Crippen molar-refractivity contribution in [2.75, 3.05) is 6.61 Å². The second-order valence-electron chi connectivity index (χ2n) is 7.98. The number of hydrogen-bond acceptors (Lipinski definition) is 6. The van der Waals surface area contributed by atoms with Gasteiger partial charge >= 0.3 is 5.97 Å². The van der Waals surface area contributed by atoms with E-state index in [1.165, 1.54) is 4.88 Å². The number of benzene rings is 1. The van der Waals surface area contributed by atoms with Crippen LogP contribution in [0.1, 0.15) is 55.3 Å². The van der Waals surface area contributed by atoms with E-state index in [2.05, 4.69) is 29.0 Å². The quantitative estimate of drug-likeness (QED) is 0.242. The molecule has 8 nitrogen and oxygen atoms in total. The zero-order valence-electron chi connectivity index (χ0n) is 19.9. The number of halogens is 2. The number of imidazole rings is 1. The van der Waals surface area contributed by atoms with Gasteiger partial charge in [0.1, 0.15) is 37.7 Å². The molecule has 0 saturated carbocycles. The molecule has 3 aromatic rings. The summed E-state index contributed by atoms with van der Waals surface area (Å²) >= 11 is 13.9. The lowest BCUT2D eigenvalue weighted by molar-refractivity contribution is -0.704. The van der Waals surface area contributed by atoms with Crippen molar-refractivity contribution >= 4 is 46.5 Å². The number of carboxylic acid groups (broad SMARTS) is 2. The lowest BCUT2D eigenvalue weighted by atomic mass is 10.1. The molecule has 0 aliphatic rings. The molecule has 0 saturated heterocycles. The fourth-order valence-electron chi connectivity index (χ4n) is 3.19. The number of rotatable bonds is 13. The maximum absolute atomic E-state index is 10.5. The summed E-state index contributed by atoms with van der Waals surface area (Å²) in [5.41, 5.74) is 0.672. The van der Waals surface area contributed by atoms with E-state index < -0.39 is 24.5 Å². The van der Waals surface area contributed by atoms with Crippen LogP contribution in [0.25, 0.3) is 0 Å². The molecule has 2 atom stereocenters. The molecule has 0 aliphatic carbocycles. The Morgan fingerprint density at radius 2 is 2.03 bits per heavy atom. The molecule has 0 radical (unpaired) electrons. The standard InChI is InChI=1S/C21H25Cl2N2O2S.C4H6O4/c1-2-3-10-27-20(21-5-4-11-28-21)14-25-9-8-24(15-25)13-19(26)17-7-6-16(22)12-18(17)23;5-3(6)1-2-4(7)8/h4-9,11-12,15,19-20,26H,2-3,10,13-14H2,1H3;1-2H2,(H,5,6)(H,7,8)/q+1;/p-1. The van der Waals surface area contributed by atoms with Crippen molar-refractivity contribution in [2.45, 2.75) is 57.9 Å². The average Bonchev–Trinajstić information content (AvgIpc) is 3.50. The molecule has 2 aromatic heterocycles. The van der Waals surface area contributed by atoms with Gasteiger partial charge in [-0.15, -0.1) is 11.3 Å². The third-order valence-corrected chi connectivity index (χ3v) is 6.58. The summed E-state index contributed by atoms with van der Waals surface area (Å²) < 4.78 is 10.2. The predicted octanol–water partition coefficient (Wildman–Crippen LogP) is 4.04. The lowest BCUT2D eigenvalue weighted by Gasteiger charge is -2.14. The number of thiophene rings is 1. The molecule has 36 heavy (non-hydrogen) atoms. The van der Waals surface area contributed by atoms with Crippen LogP contribution >= 0.6 is 34.5 Å². The van der Waals surface area contributed by atoms with Crippen molar-refractivity contribution in [1.29, 1.82) is 0 Å². The second kappa shape index (κ2) is 15.6. The van der Waals surface area contributed by atoms with Crippen molar-refractivity contribution in [3.05, 3.63) is 74.9 Å². The fraction of sp³-hybridized carbons (Fsp3) is 0.400. The summed E-state index contributed by atoms with van der Waals surface area (Å²) in [6.07, 6.45) is 6.66. The minimum Gasteiger partial charge on any atom is -0.550 e. The molecule has 1 aromatic carbocycles. The molecule has 0 aliphatic heterocycles. The van der Waals surface area contributed by atoms with Gasteiger partial charge in [-0.05, 0) is 36.4 Å². The molecular weight excluding hydrogens is 527 g/mol. The summed E-state index contributed by atoms with van der Waals surface area (Å²) in [4.78, 5) is 20.4. The molecule has 2 N–H and O–H groups in total. The molecule has 2 unspecified atom stereocenters. The summed E-state index contributed by atoms with van der Waals surface area (Å²) in [6, 6.07) is 9.32. The first-order valence-corrected chi connectivity index (χ1v) is 13.1. The zero-order chi connectivity index (χ0) is 26.5. The molecule has 0 amide bonds. The van der Waals surface area contributed by atoms with Crippen LogP contribution in [0.4, 0.5) is 0 Å². The number of aliphatic carboxylic acids is 2. The lowest BCUT2D eigenvalue weighted by Crippen LogP contribution is -2.34. The van der Waals surface area contributed by atoms with Crippen LogP contribution in [0.3, 0.4) is 0 Å². The Hall–Kier alpha value is -2.43. The number of carbonyl (C=O) groups excluding carboxylic acids is 1. The highest BCUT2D eigenvalue weighted by Gasteiger charge is 2.19. The monoisotopic (exact) mass is 556 g/mol. The Balaban J connectivity index is 0.000000493. The Bertz CT molecular complexity index is 1080. The van der Waals surface area contributed by atoms with E-state index in [-0.39, 0.29) is 12.5 Å². The van der Waals surface area contributed by atoms with E-state index in [9.17, 15) is 19.8 Å². The van der Waals surface area contributed by atoms with E-state index in [0.29, 0.717) is 22.2 Å². The first kappa shape index (κ1) is 29.8. The molecular formula is C25H30Cl2N2O6S. The Kier molecular flexibility index (Phi) is 12.9. The van der Waals surface area contributed by atoms with Crippen LogP contribution in [0.5, 0.6) is 0 Å². The summed E-state index contributed by atoms with van der Waals surface area (Å²) in [5, 5.41) is 31.1. The van der Waals surface area contributed by atoms with Gasteiger partial charge in [-0.1, -0.05) is 48.7 Å². The number of unbranched alkanes of at least 4 members (excludes halogenated alkanes) is 1. The maximum atomic E-state index is 10.5. The number of ether oxygens (including phenoxy) is 1. The zero-order valence-corrected chi connectivity index (χ0v) is 22.2. The summed E-state index contributed by atoms with van der Waals surface area (Å²) in [6.45, 7) is 4.06. The number of aliphatic hydroxyl groups excluding tert-OH is 1. The smallest absolute Gasteiger partial charge is 0.303 e. The SMILES string of the molecule is CCCCOC(Cn1cc[n+](CC(O)c2ccc(Cl)cc2Cl)c1)c1cccs1.O=C([O-])CCC(=O)O. The number of nitrogens with zero attached hydrogens (tertiary/aromatic N) is 2. The molecule has 196 valence electrons. The molecule has 0 spiro atoms. The van der Waals surface area contributed by atoms with Crippen LogP contribution in [-0.4, -0.2) is 33.3 Å². The van der Waals surface area contributed by atoms with Gasteiger partial charge in [0, 0.05) is 33.1 Å². The highest BCUT2D eigenvalue weighted by Crippen LogP contribution is 2.27. The Morgan fingerprint density at radius 1 is 1.25 bits per heavy atom. The van der Waals surface area contributed by atoms with Crippen molar-refractivity contribution in [3.8, 4) is 0 Å². The van der Waals surface area contributed by atoms with E-state index in [0.717, 1.165) is 26.0 Å². The number of carbonyl (C=O) groups is 2. The normalized spacial score (nSPS) is 12.4. The third kappa shape index (κ3) is 10.7. The van der Waals surface area contributed by atoms with Crippen LogP contribution in [-0.2, 0) is 27.4 Å². The predicted molar refractivity (Wildman–Crippen MR) is 136 cm³/mol. The van der Waals surface area contributed by atoms with Gasteiger partial charge in [0.15, 0.2) is 0 Å². The van der Waals surface area contributed by atoms with E-state index in [4.69, 9.17) is 33.0 Å². The highest BCUT2D eigenvalue weighted by atomic mass is 35.5. The van der Waals surface area contributed by atoms with Gasteiger partial charge in [-0.25, -0.2) is 9.13 Å². The summed E-state index contributed by atoms with van der Waals surface area (Å²) in [5.74, 6) is -2.44. The third-order valence-electron chi connectivity index (χ3n) is 5.05. The van der Waals surface area contributed by atoms with E-state index in [1.807, 2.05) is 23.3 Å². The van der Waals surface area contributed by atoms with Gasteiger partial charge in [0.05, 0.1) is 6.42 Å². The van der Waals surface area contributed by atoms with Gasteiger partial charge < -0.3 is 24.9 Å². The average molecular weight is 557 g/mol. The van der Waals surface area contributed by atoms with Gasteiger partial charge in [0.25, 0.3) is 0 Å². The van der Waals surface area contributed by atoms with E-state index in [1.54, 1.807) is 29.5 Å². The molecule has 0 fully saturated rings. The van der Waals surface area contributed by atoms with E-state index >= 15 is 0 Å². The van der Waals surface area contributed by atoms with Crippen molar-refractivity contribution in [1.82, 2.24) is 4.57 Å². The van der Waals surface area contributed by atoms with Gasteiger partial charge in [0.2, 0.25) is 6.33 Å². The molecule has 2 heterocycles. The Labute approximate surface area is 224 Å². The molecule has 11 heteroatoms. The topological polar surface area (TPSA) is 116 Å². The fourth-order valence-corrected chi connectivity index (χ4v) is 4.49. The maximum Gasteiger partial charge on any atom is 0.303 e. The minimum absolute atomic E-state index is 0.0306. The number of aliphatic hydroxyl groups is 1. The van der Waals surface area contributed by atoms with Crippen molar-refractivity contribution in [2.24, 2.45) is 0 Å². The Morgan fingerprint density at radius 3 is 2.61 bits per heavy atom. The molecule has 0 bridgehead atoms. The van der Waals surface area contributed by atoms with Gasteiger partial charge in [-0.3, -0.25) is 4.79 Å². The van der Waals surface area contributed by atoms with Crippen LogP contribution in [0.2, 0.25) is 10.0 Å². The summed E-state index contributed by atoms with van der Waals surface area (Å²) in [7, 11) is 0. The number of carboxylic acids is 2. The minimum atomic E-state index is -1.33. The molecule has 3 rings (SSSR count). The van der Waals surface area contributed by atoms with Crippen LogP contribution < -0.4 is 9.67 Å². The van der Waals surface area contributed by atoms with Gasteiger partial charge in [-0.2, -0.15) is 0 Å². The first-order chi connectivity index (χ1) is 17.2. The number of hydrogen-bond donors (Lipinski definition) is 2. The van der Waals surface area contributed by atoms with Crippen molar-refractivity contribution in [3.63, 3.8) is 0 Å². The van der Waals surface area contributed by atoms with Crippen molar-refractivity contribution < 1.29 is 34.2 Å². The largest absolute Gasteiger partial charge is 0.550 e.